The Morgan fingerprint density at radius 2 is 1.18 bits per heavy atom. The fourth-order valence-corrected chi connectivity index (χ4v) is 7.74. The molecular weight excluding hydrogens is 878 g/mol. The van der Waals surface area contributed by atoms with Gasteiger partial charge in [-0.25, -0.2) is 4.98 Å². The monoisotopic (exact) mass is 927 g/mol. The summed E-state index contributed by atoms with van der Waals surface area (Å²) in [7, 11) is 0. The van der Waals surface area contributed by atoms with Gasteiger partial charge in [0.15, 0.2) is 0 Å². The number of rotatable bonds is 5. The molecule has 0 amide bonds. The first-order valence-corrected chi connectivity index (χ1v) is 19.6. The summed E-state index contributed by atoms with van der Waals surface area (Å²) in [5, 5.41) is 12.3. The fourth-order valence-electron chi connectivity index (χ4n) is 7.74. The second kappa shape index (κ2) is 14.9. The Kier molecular flexibility index (Phi) is 10.4. The largest absolute Gasteiger partial charge is 0.507 e. The predicted octanol–water partition coefficient (Wildman–Crippen LogP) is 13.6. The van der Waals surface area contributed by atoms with Gasteiger partial charge in [0.2, 0.25) is 0 Å². The Bertz CT molecular complexity index is 2740. The van der Waals surface area contributed by atoms with Crippen molar-refractivity contribution in [2.75, 3.05) is 0 Å². The summed E-state index contributed by atoms with van der Waals surface area (Å²) in [6.45, 7) is 20.3. The number of aromatic nitrogens is 3. The molecule has 57 heavy (non-hydrogen) atoms. The number of hydrogen-bond donors (Lipinski definition) is 1. The van der Waals surface area contributed by atoms with Crippen molar-refractivity contribution in [3.8, 4) is 56.2 Å². The first-order valence-electron chi connectivity index (χ1n) is 19.6. The number of fused-ring (bicyclic) bond motifs is 2. The Hall–Kier alpha value is -5.31. The molecule has 0 fully saturated rings. The molecule has 6 aromatic carbocycles. The molecule has 8 aromatic rings. The van der Waals surface area contributed by atoms with Crippen LogP contribution in [0.4, 0.5) is 0 Å². The zero-order chi connectivity index (χ0) is 39.6. The first-order chi connectivity index (χ1) is 26.6. The molecule has 0 aliphatic rings. The van der Waals surface area contributed by atoms with Gasteiger partial charge in [-0.2, -0.15) is 0 Å². The smallest absolute Gasteiger partial charge is 0.148 e. The molecule has 0 bridgehead atoms. The molecule has 2 aromatic heterocycles. The molecule has 290 valence electrons. The van der Waals surface area contributed by atoms with Crippen LogP contribution in [-0.4, -0.2) is 19.6 Å². The molecule has 1 N–H and O–H groups in total. The van der Waals surface area contributed by atoms with Gasteiger partial charge in [-0.15, -0.1) is 34.9 Å². The molecule has 2 heterocycles. The topological polar surface area (TPSA) is 50.9 Å². The van der Waals surface area contributed by atoms with Crippen molar-refractivity contribution in [3.05, 3.63) is 156 Å². The number of nitrogens with zero attached hydrogens (tertiary/aromatic N) is 3. The van der Waals surface area contributed by atoms with E-state index >= 15 is 0 Å². The van der Waals surface area contributed by atoms with Gasteiger partial charge in [-0.05, 0) is 86.3 Å². The van der Waals surface area contributed by atoms with Gasteiger partial charge in [-0.1, -0.05) is 146 Å². The number of aromatic hydroxyl groups is 1. The third kappa shape index (κ3) is 7.61. The van der Waals surface area contributed by atoms with Crippen LogP contribution in [0.25, 0.3) is 72.4 Å². The summed E-state index contributed by atoms with van der Waals surface area (Å²) < 4.78 is 2.17. The van der Waals surface area contributed by atoms with Crippen LogP contribution in [0, 0.1) is 6.07 Å². The Morgan fingerprint density at radius 1 is 0.544 bits per heavy atom. The van der Waals surface area contributed by atoms with Crippen LogP contribution in [0.1, 0.15) is 79.0 Å². The summed E-state index contributed by atoms with van der Waals surface area (Å²) in [6, 6.07) is 48.4. The normalized spacial score (nSPS) is 12.2. The molecule has 0 aliphatic carbocycles. The second-order valence-electron chi connectivity index (χ2n) is 18.1. The van der Waals surface area contributed by atoms with Crippen LogP contribution in [0.3, 0.4) is 0 Å². The van der Waals surface area contributed by atoms with Crippen LogP contribution in [0.2, 0.25) is 0 Å². The van der Waals surface area contributed by atoms with Gasteiger partial charge >= 0.3 is 0 Å². The van der Waals surface area contributed by atoms with Gasteiger partial charge in [0.1, 0.15) is 11.6 Å². The molecule has 0 atom stereocenters. The maximum Gasteiger partial charge on any atom is 0.148 e. The Balaban J connectivity index is 0.00000496. The number of benzene rings is 6. The third-order valence-corrected chi connectivity index (χ3v) is 10.9. The number of para-hydroxylation sites is 2. The minimum Gasteiger partial charge on any atom is -0.507 e. The quantitative estimate of drug-likeness (QED) is 0.175. The van der Waals surface area contributed by atoms with E-state index in [-0.39, 0.29) is 43.1 Å². The van der Waals surface area contributed by atoms with Crippen molar-refractivity contribution in [2.45, 2.75) is 78.6 Å². The standard InChI is InChI=1S/C52H50N3O.Pt/c1-50(2,3)37-22-24-39(25-23-37)55-45-20-15-19-40(48(45)54-49(55)41-18-13-14-21-46(41)56)35-28-36(30-38(29-35)51(4,5)6)42-31-34(33-16-11-10-12-17-33)32-43-44(52(7,8)9)26-27-53-47(42)43;/h10-27,29-32,56H,1-9H3;/q-1;. The van der Waals surface area contributed by atoms with E-state index in [1.165, 1.54) is 16.7 Å². The van der Waals surface area contributed by atoms with Crippen LogP contribution in [0.5, 0.6) is 5.75 Å². The van der Waals surface area contributed by atoms with Crippen molar-refractivity contribution in [2.24, 2.45) is 0 Å². The second-order valence-corrected chi connectivity index (χ2v) is 18.1. The van der Waals surface area contributed by atoms with Crippen LogP contribution in [0.15, 0.2) is 134 Å². The number of phenolic OH excluding ortho intramolecular Hbond substituents is 1. The number of imidazole rings is 1. The summed E-state index contributed by atoms with van der Waals surface area (Å²) >= 11 is 0. The molecule has 0 spiro atoms. The van der Waals surface area contributed by atoms with Gasteiger partial charge in [0, 0.05) is 38.5 Å². The first kappa shape index (κ1) is 39.9. The average molecular weight is 928 g/mol. The van der Waals surface area contributed by atoms with Crippen LogP contribution in [-0.2, 0) is 37.3 Å². The SMILES string of the molecule is CC(C)(C)c1ccc(-n2c(-c3ccccc3O)nc3c(-c4[c-]c(-c5cc(-c6ccccc6)cc6c(C(C)(C)C)ccnc56)cc(C(C)(C)C)c4)cccc32)cc1.[Pt]. The number of pyridine rings is 1. The van der Waals surface area contributed by atoms with E-state index in [1.807, 2.05) is 24.4 Å². The maximum absolute atomic E-state index is 11.2. The van der Waals surface area contributed by atoms with E-state index in [2.05, 4.69) is 176 Å². The van der Waals surface area contributed by atoms with Crippen molar-refractivity contribution >= 4 is 21.9 Å². The summed E-state index contributed by atoms with van der Waals surface area (Å²) in [5.41, 5.74) is 14.2. The molecule has 4 nitrogen and oxygen atoms in total. The van der Waals surface area contributed by atoms with Crippen molar-refractivity contribution in [3.63, 3.8) is 0 Å². The van der Waals surface area contributed by atoms with Gasteiger partial charge < -0.3 is 5.11 Å². The molecule has 0 saturated heterocycles. The summed E-state index contributed by atoms with van der Waals surface area (Å²) in [5.74, 6) is 0.870. The zero-order valence-electron chi connectivity index (χ0n) is 34.3. The predicted molar refractivity (Wildman–Crippen MR) is 235 cm³/mol. The molecule has 8 rings (SSSR count). The molecule has 5 heteroatoms. The van der Waals surface area contributed by atoms with Crippen molar-refractivity contribution in [1.29, 1.82) is 0 Å². The Morgan fingerprint density at radius 3 is 1.82 bits per heavy atom. The molecule has 0 radical (unpaired) electrons. The molecule has 0 saturated carbocycles. The van der Waals surface area contributed by atoms with E-state index in [0.29, 0.717) is 11.4 Å². The third-order valence-electron chi connectivity index (χ3n) is 10.9. The number of hydrogen-bond acceptors (Lipinski definition) is 3. The molecule has 0 unspecified atom stereocenters. The van der Waals surface area contributed by atoms with Crippen LogP contribution >= 0.6 is 0 Å². The fraction of sp³-hybridized carbons (Fsp3) is 0.231. The van der Waals surface area contributed by atoms with E-state index < -0.39 is 0 Å². The molecular formula is C52H50N3OPt-. The van der Waals surface area contributed by atoms with Gasteiger partial charge in [0.25, 0.3) is 0 Å². The molecule has 0 aliphatic heterocycles. The van der Waals surface area contributed by atoms with Crippen molar-refractivity contribution < 1.29 is 26.2 Å². The van der Waals surface area contributed by atoms with Crippen molar-refractivity contribution in [1.82, 2.24) is 14.5 Å². The summed E-state index contributed by atoms with van der Waals surface area (Å²) in [4.78, 5) is 10.4. The van der Waals surface area contributed by atoms with Gasteiger partial charge in [0.05, 0.1) is 16.6 Å². The minimum absolute atomic E-state index is 0. The zero-order valence-corrected chi connectivity index (χ0v) is 36.6. The average Bonchev–Trinajstić information content (AvgIpc) is 3.56. The maximum atomic E-state index is 11.2. The van der Waals surface area contributed by atoms with E-state index in [0.717, 1.165) is 61.0 Å². The van der Waals surface area contributed by atoms with E-state index in [4.69, 9.17) is 9.97 Å². The summed E-state index contributed by atoms with van der Waals surface area (Å²) in [6.07, 6.45) is 1.95. The minimum atomic E-state index is -0.154. The van der Waals surface area contributed by atoms with E-state index in [9.17, 15) is 5.11 Å². The van der Waals surface area contributed by atoms with E-state index in [1.54, 1.807) is 6.07 Å². The number of phenols is 1. The van der Waals surface area contributed by atoms with Crippen LogP contribution < -0.4 is 0 Å². The van der Waals surface area contributed by atoms with Gasteiger partial charge in [-0.3, -0.25) is 9.55 Å². The Labute approximate surface area is 352 Å².